The number of fused-ring (bicyclic) bond motifs is 1. The number of aromatic amines is 1. The van der Waals surface area contributed by atoms with Crippen molar-refractivity contribution in [1.82, 2.24) is 14.3 Å². The molecular formula is C13H15N3O4S. The second-order valence-corrected chi connectivity index (χ2v) is 6.88. The lowest BCUT2D eigenvalue weighted by atomic mass is 10.1. The lowest BCUT2D eigenvalue weighted by Gasteiger charge is -2.31. The van der Waals surface area contributed by atoms with E-state index in [1.165, 1.54) is 6.20 Å². The van der Waals surface area contributed by atoms with Crippen molar-refractivity contribution in [2.45, 2.75) is 30.2 Å². The molecule has 0 bridgehead atoms. The van der Waals surface area contributed by atoms with E-state index in [4.69, 9.17) is 0 Å². The van der Waals surface area contributed by atoms with E-state index in [1.807, 2.05) is 0 Å². The van der Waals surface area contributed by atoms with E-state index in [-0.39, 0.29) is 11.4 Å². The maximum absolute atomic E-state index is 12.8. The Morgan fingerprint density at radius 2 is 2.24 bits per heavy atom. The molecule has 7 nitrogen and oxygen atoms in total. The first-order chi connectivity index (χ1) is 10.0. The van der Waals surface area contributed by atoms with Crippen LogP contribution in [0.15, 0.2) is 29.4 Å². The maximum atomic E-state index is 12.8. The average molecular weight is 309 g/mol. The molecule has 0 aliphatic carbocycles. The first kappa shape index (κ1) is 14.0. The summed E-state index contributed by atoms with van der Waals surface area (Å²) in [6.45, 7) is 0.228. The molecule has 3 heterocycles. The van der Waals surface area contributed by atoms with Crippen LogP contribution in [0.4, 0.5) is 0 Å². The van der Waals surface area contributed by atoms with Crippen molar-refractivity contribution in [3.63, 3.8) is 0 Å². The number of carboxylic acid groups (broad SMARTS) is 1. The van der Waals surface area contributed by atoms with Gasteiger partial charge in [0.1, 0.15) is 16.6 Å². The van der Waals surface area contributed by atoms with Gasteiger partial charge >= 0.3 is 5.97 Å². The minimum absolute atomic E-state index is 0.0822. The third-order valence-electron chi connectivity index (χ3n) is 3.74. The Hall–Kier alpha value is -1.93. The zero-order chi connectivity index (χ0) is 15.0. The molecule has 112 valence electrons. The third-order valence-corrected chi connectivity index (χ3v) is 5.69. The standard InChI is InChI=1S/C13H15N3O4S/c17-13(18)10-5-1-2-7-16(10)21(19,20)11-8-15-12-9(11)4-3-6-14-12/h3-4,6,8,10H,1-2,5,7H2,(H,14,15)(H,17,18). The Morgan fingerprint density at radius 1 is 1.43 bits per heavy atom. The first-order valence-electron chi connectivity index (χ1n) is 6.68. The largest absolute Gasteiger partial charge is 0.480 e. The fourth-order valence-electron chi connectivity index (χ4n) is 2.71. The molecule has 0 aromatic carbocycles. The zero-order valence-corrected chi connectivity index (χ0v) is 12.0. The molecule has 8 heteroatoms. The van der Waals surface area contributed by atoms with E-state index < -0.39 is 22.0 Å². The maximum Gasteiger partial charge on any atom is 0.322 e. The summed E-state index contributed by atoms with van der Waals surface area (Å²) in [6.07, 6.45) is 4.67. The summed E-state index contributed by atoms with van der Waals surface area (Å²) in [7, 11) is -3.86. The van der Waals surface area contributed by atoms with Gasteiger partial charge in [-0.2, -0.15) is 4.31 Å². The highest BCUT2D eigenvalue weighted by Crippen LogP contribution is 2.29. The van der Waals surface area contributed by atoms with E-state index in [2.05, 4.69) is 9.97 Å². The van der Waals surface area contributed by atoms with Crippen LogP contribution in [0.3, 0.4) is 0 Å². The number of carbonyl (C=O) groups is 1. The number of aliphatic carboxylic acids is 1. The Balaban J connectivity index is 2.09. The molecule has 3 rings (SSSR count). The van der Waals surface area contributed by atoms with E-state index in [0.29, 0.717) is 23.9 Å². The molecule has 1 aliphatic rings. The number of hydrogen-bond acceptors (Lipinski definition) is 4. The molecule has 1 unspecified atom stereocenters. The summed E-state index contributed by atoms with van der Waals surface area (Å²) >= 11 is 0. The molecule has 2 aromatic rings. The highest BCUT2D eigenvalue weighted by Gasteiger charge is 2.38. The van der Waals surface area contributed by atoms with Gasteiger partial charge in [-0.3, -0.25) is 4.79 Å². The molecule has 0 amide bonds. The smallest absolute Gasteiger partial charge is 0.322 e. The van der Waals surface area contributed by atoms with Gasteiger partial charge in [-0.15, -0.1) is 0 Å². The fourth-order valence-corrected chi connectivity index (χ4v) is 4.51. The predicted molar refractivity (Wildman–Crippen MR) is 75.3 cm³/mol. The number of sulfonamides is 1. The predicted octanol–water partition coefficient (Wildman–Crippen LogP) is 1.19. The van der Waals surface area contributed by atoms with Gasteiger partial charge in [-0.05, 0) is 31.4 Å². The first-order valence-corrected chi connectivity index (χ1v) is 8.12. The molecule has 1 saturated heterocycles. The van der Waals surface area contributed by atoms with Crippen molar-refractivity contribution in [2.24, 2.45) is 0 Å². The van der Waals surface area contributed by atoms with Crippen LogP contribution in [0.5, 0.6) is 0 Å². The van der Waals surface area contributed by atoms with Gasteiger partial charge in [-0.25, -0.2) is 13.4 Å². The number of piperidine rings is 1. The molecule has 21 heavy (non-hydrogen) atoms. The SMILES string of the molecule is O=C(O)C1CCCCN1S(=O)(=O)c1c[nH]c2ncccc12. The molecule has 2 aromatic heterocycles. The van der Waals surface area contributed by atoms with Crippen molar-refractivity contribution >= 4 is 27.0 Å². The van der Waals surface area contributed by atoms with Crippen molar-refractivity contribution < 1.29 is 18.3 Å². The number of nitrogens with zero attached hydrogens (tertiary/aromatic N) is 2. The van der Waals surface area contributed by atoms with Gasteiger partial charge in [0.05, 0.1) is 0 Å². The van der Waals surface area contributed by atoms with Crippen LogP contribution in [-0.4, -0.2) is 46.4 Å². The van der Waals surface area contributed by atoms with Crippen LogP contribution in [0.2, 0.25) is 0 Å². The molecule has 2 N–H and O–H groups in total. The topological polar surface area (TPSA) is 103 Å². The van der Waals surface area contributed by atoms with Gasteiger partial charge in [0.25, 0.3) is 0 Å². The normalized spacial score (nSPS) is 20.7. The van der Waals surface area contributed by atoms with E-state index >= 15 is 0 Å². The van der Waals surface area contributed by atoms with Crippen molar-refractivity contribution in [3.8, 4) is 0 Å². The number of hydrogen-bond donors (Lipinski definition) is 2. The Morgan fingerprint density at radius 3 is 3.00 bits per heavy atom. The number of carboxylic acids is 1. The number of rotatable bonds is 3. The molecule has 1 aliphatic heterocycles. The summed E-state index contributed by atoms with van der Waals surface area (Å²) in [6, 6.07) is 2.32. The van der Waals surface area contributed by atoms with Gasteiger partial charge < -0.3 is 10.1 Å². The molecule has 0 saturated carbocycles. The van der Waals surface area contributed by atoms with Crippen molar-refractivity contribution in [2.75, 3.05) is 6.54 Å². The van der Waals surface area contributed by atoms with Gasteiger partial charge in [0.2, 0.25) is 10.0 Å². The molecule has 0 radical (unpaired) electrons. The highest BCUT2D eigenvalue weighted by atomic mass is 32.2. The molecular weight excluding hydrogens is 294 g/mol. The Labute approximate surface area is 121 Å². The van der Waals surface area contributed by atoms with E-state index in [9.17, 15) is 18.3 Å². The van der Waals surface area contributed by atoms with Crippen LogP contribution in [0.1, 0.15) is 19.3 Å². The summed E-state index contributed by atoms with van der Waals surface area (Å²) in [4.78, 5) is 18.3. The van der Waals surface area contributed by atoms with Crippen LogP contribution in [-0.2, 0) is 14.8 Å². The third kappa shape index (κ3) is 2.30. The number of nitrogens with one attached hydrogen (secondary N) is 1. The second kappa shape index (κ2) is 5.12. The quantitative estimate of drug-likeness (QED) is 0.886. The van der Waals surface area contributed by atoms with E-state index in [0.717, 1.165) is 10.7 Å². The van der Waals surface area contributed by atoms with Crippen LogP contribution in [0, 0.1) is 0 Å². The lowest BCUT2D eigenvalue weighted by Crippen LogP contribution is -2.47. The second-order valence-electron chi connectivity index (χ2n) is 5.02. The van der Waals surface area contributed by atoms with Crippen molar-refractivity contribution in [3.05, 3.63) is 24.5 Å². The Kier molecular flexibility index (Phi) is 3.42. The molecule has 1 fully saturated rings. The summed E-state index contributed by atoms with van der Waals surface area (Å²) in [5, 5.41) is 9.74. The minimum atomic E-state index is -3.86. The van der Waals surface area contributed by atoms with E-state index in [1.54, 1.807) is 18.3 Å². The fraction of sp³-hybridized carbons (Fsp3) is 0.385. The summed E-state index contributed by atoms with van der Waals surface area (Å²) < 4.78 is 26.7. The average Bonchev–Trinajstić information content (AvgIpc) is 2.92. The highest BCUT2D eigenvalue weighted by molar-refractivity contribution is 7.89. The van der Waals surface area contributed by atoms with Crippen LogP contribution >= 0.6 is 0 Å². The van der Waals surface area contributed by atoms with Crippen LogP contribution in [0.25, 0.3) is 11.0 Å². The molecule has 1 atom stereocenters. The van der Waals surface area contributed by atoms with Gasteiger partial charge in [0, 0.05) is 24.3 Å². The monoisotopic (exact) mass is 309 g/mol. The van der Waals surface area contributed by atoms with Gasteiger partial charge in [-0.1, -0.05) is 0 Å². The Bertz CT molecular complexity index is 784. The minimum Gasteiger partial charge on any atom is -0.480 e. The number of aromatic nitrogens is 2. The van der Waals surface area contributed by atoms with Gasteiger partial charge in [0.15, 0.2) is 0 Å². The summed E-state index contributed by atoms with van der Waals surface area (Å²) in [5.41, 5.74) is 0.472. The summed E-state index contributed by atoms with van der Waals surface area (Å²) in [5.74, 6) is -1.10. The lowest BCUT2D eigenvalue weighted by molar-refractivity contribution is -0.142. The molecule has 0 spiro atoms. The van der Waals surface area contributed by atoms with Crippen molar-refractivity contribution in [1.29, 1.82) is 0 Å². The zero-order valence-electron chi connectivity index (χ0n) is 11.2. The number of H-pyrrole nitrogens is 1. The number of pyridine rings is 1. The van der Waals surface area contributed by atoms with Crippen LogP contribution < -0.4 is 0 Å².